The molecule has 1 saturated heterocycles. The summed E-state index contributed by atoms with van der Waals surface area (Å²) >= 11 is 0. The van der Waals surface area contributed by atoms with E-state index in [1.807, 2.05) is 13.8 Å². The van der Waals surface area contributed by atoms with Crippen LogP contribution in [0.5, 0.6) is 0 Å². The number of nitrogens with one attached hydrogen (secondary N) is 1. The van der Waals surface area contributed by atoms with E-state index in [1.165, 1.54) is 12.1 Å². The van der Waals surface area contributed by atoms with Crippen molar-refractivity contribution in [1.82, 2.24) is 5.32 Å². The number of carboxylic acids is 1. The van der Waals surface area contributed by atoms with Gasteiger partial charge in [-0.3, -0.25) is 0 Å². The molecule has 0 aromatic heterocycles. The average molecular weight is 384 g/mol. The molecular weight excluding hydrogens is 362 g/mol. The van der Waals surface area contributed by atoms with Gasteiger partial charge in [-0.2, -0.15) is 0 Å². The van der Waals surface area contributed by atoms with Crippen LogP contribution in [0.1, 0.15) is 43.5 Å². The molecule has 1 aromatic rings. The van der Waals surface area contributed by atoms with Crippen molar-refractivity contribution in [2.24, 2.45) is 5.41 Å². The first-order chi connectivity index (χ1) is 9.97. The van der Waals surface area contributed by atoms with Crippen molar-refractivity contribution in [1.29, 1.82) is 0 Å². The Balaban J connectivity index is 0.000000348. The summed E-state index contributed by atoms with van der Waals surface area (Å²) in [6.45, 7) is 5.55. The molecule has 2 fully saturated rings. The van der Waals surface area contributed by atoms with Gasteiger partial charge in [-0.1, -0.05) is 44.2 Å². The quantitative estimate of drug-likeness (QED) is 0.710. The van der Waals surface area contributed by atoms with E-state index in [2.05, 4.69) is 5.32 Å². The Morgan fingerprint density at radius 3 is 1.86 bits per heavy atom. The molecule has 1 aliphatic heterocycles. The van der Waals surface area contributed by atoms with Crippen molar-refractivity contribution in [3.63, 3.8) is 0 Å². The van der Waals surface area contributed by atoms with E-state index in [9.17, 15) is 18.7 Å². The largest absolute Gasteiger partial charge is 1.00 e. The second-order valence-electron chi connectivity index (χ2n) is 5.07. The van der Waals surface area contributed by atoms with Crippen LogP contribution in [-0.4, -0.2) is 25.0 Å². The van der Waals surface area contributed by atoms with Crippen LogP contribution in [0.25, 0.3) is 0 Å². The van der Waals surface area contributed by atoms with E-state index < -0.39 is 17.3 Å². The van der Waals surface area contributed by atoms with E-state index in [4.69, 9.17) is 0 Å². The second-order valence-corrected chi connectivity index (χ2v) is 5.07. The molecule has 0 atom stereocenters. The van der Waals surface area contributed by atoms with Gasteiger partial charge in [0.2, 0.25) is 0 Å². The summed E-state index contributed by atoms with van der Waals surface area (Å²) < 4.78 is 25.3. The van der Waals surface area contributed by atoms with Crippen LogP contribution in [-0.2, 0) is 0 Å². The van der Waals surface area contributed by atoms with Crippen LogP contribution in [0.2, 0.25) is 0 Å². The summed E-state index contributed by atoms with van der Waals surface area (Å²) in [5, 5.41) is 13.2. The van der Waals surface area contributed by atoms with E-state index in [0.717, 1.165) is 13.1 Å². The Hall–Kier alpha value is 0.315. The zero-order valence-electron chi connectivity index (χ0n) is 13.5. The summed E-state index contributed by atoms with van der Waals surface area (Å²) in [6.07, 6.45) is 1.47. The first-order valence-corrected chi connectivity index (χ1v) is 7.32. The van der Waals surface area contributed by atoms with Gasteiger partial charge in [0.1, 0.15) is 0 Å². The standard InChI is InChI=1S/C7H11F2N.C7H6O2.C2H6.Rb/c8-7(9)5-6(7)1-3-10-4-2-6;8-7(9)6-4-2-1-3-5-6;1-2;/h10H,1-5H2;1-5H,(H,8,9);1-2H3;/q;;;+1/p-1. The van der Waals surface area contributed by atoms with Gasteiger partial charge in [-0.05, 0) is 31.5 Å². The van der Waals surface area contributed by atoms with E-state index in [1.54, 1.807) is 18.2 Å². The van der Waals surface area contributed by atoms with Crippen molar-refractivity contribution < 1.29 is 76.9 Å². The zero-order valence-corrected chi connectivity index (χ0v) is 18.4. The van der Waals surface area contributed by atoms with Crippen molar-refractivity contribution in [2.75, 3.05) is 13.1 Å². The molecule has 2 aliphatic rings. The summed E-state index contributed by atoms with van der Waals surface area (Å²) in [5.74, 6) is -3.45. The maximum atomic E-state index is 12.6. The fraction of sp³-hybridized carbons (Fsp3) is 0.562. The molecule has 3 rings (SSSR count). The fourth-order valence-electron chi connectivity index (χ4n) is 2.40. The van der Waals surface area contributed by atoms with Gasteiger partial charge in [0.25, 0.3) is 5.92 Å². The molecule has 1 N–H and O–H groups in total. The molecule has 22 heavy (non-hydrogen) atoms. The number of carbonyl (C=O) groups is 1. The predicted octanol–water partition coefficient (Wildman–Crippen LogP) is -0.524. The number of benzene rings is 1. The maximum absolute atomic E-state index is 12.6. The normalized spacial score (nSPS) is 19.5. The monoisotopic (exact) mass is 383 g/mol. The molecule has 6 heteroatoms. The topological polar surface area (TPSA) is 52.2 Å². The Kier molecular flexibility index (Phi) is 10.4. The zero-order chi connectivity index (χ0) is 15.9. The minimum Gasteiger partial charge on any atom is -0.545 e. The molecule has 1 saturated carbocycles. The van der Waals surface area contributed by atoms with Crippen molar-refractivity contribution in [3.8, 4) is 0 Å². The smallest absolute Gasteiger partial charge is 0.545 e. The number of carboxylic acid groups (broad SMARTS) is 1. The third-order valence-corrected chi connectivity index (χ3v) is 3.78. The molecule has 0 unspecified atom stereocenters. The number of piperidine rings is 1. The molecule has 118 valence electrons. The van der Waals surface area contributed by atoms with Gasteiger partial charge in [-0.25, -0.2) is 8.78 Å². The molecule has 0 radical (unpaired) electrons. The van der Waals surface area contributed by atoms with E-state index >= 15 is 0 Å². The Morgan fingerprint density at radius 2 is 1.59 bits per heavy atom. The van der Waals surface area contributed by atoms with Gasteiger partial charge in [0.05, 0.1) is 5.97 Å². The number of rotatable bonds is 1. The van der Waals surface area contributed by atoms with Gasteiger partial charge >= 0.3 is 58.2 Å². The van der Waals surface area contributed by atoms with Crippen LogP contribution in [0, 0.1) is 5.41 Å². The van der Waals surface area contributed by atoms with Gasteiger partial charge in [0.15, 0.2) is 0 Å². The molecular formula is C16H22F2NO2Rb. The van der Waals surface area contributed by atoms with Crippen LogP contribution in [0.3, 0.4) is 0 Å². The maximum Gasteiger partial charge on any atom is 1.00 e. The number of carbonyl (C=O) groups excluding carboxylic acids is 1. The number of hydrogen-bond donors (Lipinski definition) is 1. The van der Waals surface area contributed by atoms with Crippen molar-refractivity contribution >= 4 is 5.97 Å². The van der Waals surface area contributed by atoms with Crippen molar-refractivity contribution in [2.45, 2.75) is 39.0 Å². The molecule has 1 aliphatic carbocycles. The van der Waals surface area contributed by atoms with Gasteiger partial charge < -0.3 is 15.2 Å². The van der Waals surface area contributed by atoms with E-state index in [-0.39, 0.29) is 70.2 Å². The molecule has 1 aromatic carbocycles. The Labute approximate surface area is 179 Å². The summed E-state index contributed by atoms with van der Waals surface area (Å²) in [7, 11) is 0. The molecule has 0 amide bonds. The Bertz CT molecular complexity index is 449. The number of aromatic carboxylic acids is 1. The van der Waals surface area contributed by atoms with Crippen LogP contribution < -0.4 is 68.6 Å². The second kappa shape index (κ2) is 10.2. The first-order valence-electron chi connectivity index (χ1n) is 7.32. The fourth-order valence-corrected chi connectivity index (χ4v) is 2.40. The minimum absolute atomic E-state index is 0. The summed E-state index contributed by atoms with van der Waals surface area (Å²) in [6, 6.07) is 8.06. The van der Waals surface area contributed by atoms with Crippen molar-refractivity contribution in [3.05, 3.63) is 35.9 Å². The van der Waals surface area contributed by atoms with E-state index in [0.29, 0.717) is 12.8 Å². The third-order valence-electron chi connectivity index (χ3n) is 3.78. The number of alkyl halides is 2. The molecule has 3 nitrogen and oxygen atoms in total. The number of halogens is 2. The SMILES string of the molecule is CC.FC1(F)CC12CCNCC2.O=C([O-])c1ccccc1.[Rb+]. The molecule has 1 heterocycles. The third kappa shape index (κ3) is 6.08. The summed E-state index contributed by atoms with van der Waals surface area (Å²) in [4.78, 5) is 10.1. The van der Waals surface area contributed by atoms with Crippen LogP contribution in [0.4, 0.5) is 8.78 Å². The van der Waals surface area contributed by atoms with Crippen LogP contribution >= 0.6 is 0 Å². The summed E-state index contributed by atoms with van der Waals surface area (Å²) in [5.41, 5.74) is -0.351. The molecule has 0 bridgehead atoms. The minimum atomic E-state index is -2.32. The first kappa shape index (κ1) is 22.3. The van der Waals surface area contributed by atoms with Crippen LogP contribution in [0.15, 0.2) is 30.3 Å². The van der Waals surface area contributed by atoms with Gasteiger partial charge in [-0.15, -0.1) is 0 Å². The Morgan fingerprint density at radius 1 is 1.14 bits per heavy atom. The predicted molar refractivity (Wildman–Crippen MR) is 76.2 cm³/mol. The average Bonchev–Trinajstić information content (AvgIpc) is 3.03. The molecule has 1 spiro atoms. The number of hydrogen-bond acceptors (Lipinski definition) is 3. The van der Waals surface area contributed by atoms with Gasteiger partial charge in [0, 0.05) is 11.8 Å².